The minimum atomic E-state index is -1.37. The summed E-state index contributed by atoms with van der Waals surface area (Å²) in [7, 11) is 0. The summed E-state index contributed by atoms with van der Waals surface area (Å²) in [5, 5.41) is 13.8. The van der Waals surface area contributed by atoms with E-state index in [-0.39, 0.29) is 28.7 Å². The number of ether oxygens (including phenoxy) is 2. The molecule has 0 aliphatic heterocycles. The summed E-state index contributed by atoms with van der Waals surface area (Å²) in [6, 6.07) is 17.6. The Bertz CT molecular complexity index is 1230. The number of thiophene rings is 1. The molecule has 2 heterocycles. The molecular formula is C22H15NO7S. The summed E-state index contributed by atoms with van der Waals surface area (Å²) in [6.07, 6.45) is -0.834. The number of anilines is 1. The van der Waals surface area contributed by atoms with Gasteiger partial charge in [0.05, 0.1) is 5.69 Å². The summed E-state index contributed by atoms with van der Waals surface area (Å²) >= 11 is 0.855. The molecule has 4 aromatic rings. The standard InChI is InChI=1S/C22H15NO7S/c24-19(25)18-15(23-22(27)28-11-13-6-2-1-3-7-13)12-31-21(18)30-20(26)17-10-14-8-4-5-9-16(14)29-17/h1-10,12H,11H2,(H,23,27)(H,24,25). The molecule has 2 aromatic heterocycles. The lowest BCUT2D eigenvalue weighted by Gasteiger charge is -2.07. The van der Waals surface area contributed by atoms with Gasteiger partial charge >= 0.3 is 18.0 Å². The second-order valence-corrected chi connectivity index (χ2v) is 7.18. The van der Waals surface area contributed by atoms with Crippen molar-refractivity contribution in [2.24, 2.45) is 0 Å². The monoisotopic (exact) mass is 437 g/mol. The first-order valence-electron chi connectivity index (χ1n) is 9.04. The number of carbonyl (C=O) groups excluding carboxylic acids is 2. The van der Waals surface area contributed by atoms with E-state index in [1.807, 2.05) is 6.07 Å². The summed E-state index contributed by atoms with van der Waals surface area (Å²) in [5.41, 5.74) is 0.888. The van der Waals surface area contributed by atoms with Crippen LogP contribution in [-0.4, -0.2) is 23.1 Å². The molecule has 8 nitrogen and oxygen atoms in total. The van der Waals surface area contributed by atoms with E-state index in [2.05, 4.69) is 5.32 Å². The summed E-state index contributed by atoms with van der Waals surface area (Å²) in [5.74, 6) is -2.28. The van der Waals surface area contributed by atoms with E-state index in [0.29, 0.717) is 11.0 Å². The first-order chi connectivity index (χ1) is 15.0. The molecule has 0 atom stereocenters. The Morgan fingerprint density at radius 2 is 1.77 bits per heavy atom. The summed E-state index contributed by atoms with van der Waals surface area (Å²) in [6.45, 7) is 0.0209. The minimum absolute atomic E-state index is 0.0209. The third kappa shape index (κ3) is 4.57. The van der Waals surface area contributed by atoms with Crippen LogP contribution in [0.3, 0.4) is 0 Å². The number of carbonyl (C=O) groups is 3. The first kappa shape index (κ1) is 20.2. The van der Waals surface area contributed by atoms with E-state index in [9.17, 15) is 19.5 Å². The molecule has 0 saturated carbocycles. The zero-order valence-corrected chi connectivity index (χ0v) is 16.7. The molecular weight excluding hydrogens is 422 g/mol. The number of amides is 1. The Labute approximate surface area is 179 Å². The van der Waals surface area contributed by atoms with Crippen LogP contribution in [0.15, 0.2) is 70.5 Å². The van der Waals surface area contributed by atoms with Crippen molar-refractivity contribution < 1.29 is 33.4 Å². The average Bonchev–Trinajstić information content (AvgIpc) is 3.37. The molecule has 0 aliphatic carbocycles. The number of rotatable bonds is 6. The van der Waals surface area contributed by atoms with Crippen LogP contribution in [0.1, 0.15) is 26.5 Å². The smallest absolute Gasteiger partial charge is 0.412 e. The van der Waals surface area contributed by atoms with Gasteiger partial charge in [-0.3, -0.25) is 5.32 Å². The maximum absolute atomic E-state index is 12.4. The Balaban J connectivity index is 1.47. The topological polar surface area (TPSA) is 115 Å². The van der Waals surface area contributed by atoms with Crippen molar-refractivity contribution in [2.75, 3.05) is 5.32 Å². The lowest BCUT2D eigenvalue weighted by Crippen LogP contribution is -2.16. The number of carboxylic acids is 1. The van der Waals surface area contributed by atoms with Crippen molar-refractivity contribution in [3.63, 3.8) is 0 Å². The molecule has 9 heteroatoms. The van der Waals surface area contributed by atoms with Crippen LogP contribution in [0, 0.1) is 0 Å². The molecule has 31 heavy (non-hydrogen) atoms. The van der Waals surface area contributed by atoms with Gasteiger partial charge in [0.1, 0.15) is 17.8 Å². The molecule has 0 fully saturated rings. The zero-order valence-electron chi connectivity index (χ0n) is 15.9. The second kappa shape index (κ2) is 8.72. The van der Waals surface area contributed by atoms with Gasteiger partial charge in [0.15, 0.2) is 0 Å². The molecule has 0 bridgehead atoms. The molecule has 1 amide bonds. The molecule has 0 aliphatic rings. The van der Waals surface area contributed by atoms with Crippen LogP contribution in [-0.2, 0) is 11.3 Å². The molecule has 156 valence electrons. The fraction of sp³-hybridized carbons (Fsp3) is 0.0455. The fourth-order valence-electron chi connectivity index (χ4n) is 2.80. The van der Waals surface area contributed by atoms with Gasteiger partial charge in [0, 0.05) is 10.8 Å². The van der Waals surface area contributed by atoms with Crippen molar-refractivity contribution in [3.8, 4) is 5.06 Å². The SMILES string of the molecule is O=C(Nc1csc(OC(=O)c2cc3ccccc3o2)c1C(=O)O)OCc1ccccc1. The van der Waals surface area contributed by atoms with Crippen LogP contribution >= 0.6 is 11.3 Å². The Morgan fingerprint density at radius 1 is 1.03 bits per heavy atom. The highest BCUT2D eigenvalue weighted by Crippen LogP contribution is 2.35. The number of hydrogen-bond donors (Lipinski definition) is 2. The molecule has 0 radical (unpaired) electrons. The van der Waals surface area contributed by atoms with E-state index in [0.717, 1.165) is 16.9 Å². The van der Waals surface area contributed by atoms with E-state index in [4.69, 9.17) is 13.9 Å². The Hall–Kier alpha value is -4.11. The van der Waals surface area contributed by atoms with Gasteiger partial charge in [-0.2, -0.15) is 0 Å². The van der Waals surface area contributed by atoms with E-state index in [1.165, 1.54) is 11.4 Å². The van der Waals surface area contributed by atoms with Crippen molar-refractivity contribution in [2.45, 2.75) is 6.61 Å². The van der Waals surface area contributed by atoms with Crippen molar-refractivity contribution in [1.82, 2.24) is 0 Å². The van der Waals surface area contributed by atoms with Crippen LogP contribution in [0.5, 0.6) is 5.06 Å². The first-order valence-corrected chi connectivity index (χ1v) is 9.92. The number of benzene rings is 2. The highest BCUT2D eigenvalue weighted by molar-refractivity contribution is 7.13. The Morgan fingerprint density at radius 3 is 2.52 bits per heavy atom. The molecule has 0 saturated heterocycles. The van der Waals surface area contributed by atoms with Gasteiger partial charge in [0.2, 0.25) is 10.8 Å². The number of carboxylic acid groups (broad SMARTS) is 1. The van der Waals surface area contributed by atoms with Crippen LogP contribution in [0.4, 0.5) is 10.5 Å². The normalized spacial score (nSPS) is 10.6. The van der Waals surface area contributed by atoms with Crippen molar-refractivity contribution in [3.05, 3.63) is 82.9 Å². The van der Waals surface area contributed by atoms with Gasteiger partial charge in [-0.1, -0.05) is 48.5 Å². The third-order valence-electron chi connectivity index (χ3n) is 4.23. The predicted molar refractivity (Wildman–Crippen MR) is 113 cm³/mol. The molecule has 0 unspecified atom stereocenters. The van der Waals surface area contributed by atoms with Gasteiger partial charge in [-0.15, -0.1) is 11.3 Å². The Kier molecular flexibility index (Phi) is 5.67. The second-order valence-electron chi connectivity index (χ2n) is 6.34. The van der Waals surface area contributed by atoms with Gasteiger partial charge in [-0.05, 0) is 17.7 Å². The zero-order chi connectivity index (χ0) is 21.8. The van der Waals surface area contributed by atoms with E-state index < -0.39 is 18.0 Å². The third-order valence-corrected chi connectivity index (χ3v) is 5.09. The molecule has 2 N–H and O–H groups in total. The largest absolute Gasteiger partial charge is 0.477 e. The van der Waals surface area contributed by atoms with Crippen LogP contribution < -0.4 is 10.1 Å². The molecule has 2 aromatic carbocycles. The fourth-order valence-corrected chi connectivity index (χ4v) is 3.64. The van der Waals surface area contributed by atoms with E-state index >= 15 is 0 Å². The number of fused-ring (bicyclic) bond motifs is 1. The molecule has 0 spiro atoms. The minimum Gasteiger partial charge on any atom is -0.477 e. The van der Waals surface area contributed by atoms with Gasteiger partial charge in [0.25, 0.3) is 0 Å². The predicted octanol–water partition coefficient (Wildman–Crippen LogP) is 5.16. The van der Waals surface area contributed by atoms with Crippen LogP contribution in [0.25, 0.3) is 11.0 Å². The number of aromatic carboxylic acids is 1. The lowest BCUT2D eigenvalue weighted by atomic mass is 10.2. The number of para-hydroxylation sites is 1. The number of furan rings is 1. The maximum Gasteiger partial charge on any atom is 0.412 e. The maximum atomic E-state index is 12.4. The highest BCUT2D eigenvalue weighted by Gasteiger charge is 2.25. The van der Waals surface area contributed by atoms with Gasteiger partial charge < -0.3 is 19.0 Å². The van der Waals surface area contributed by atoms with E-state index in [1.54, 1.807) is 48.5 Å². The highest BCUT2D eigenvalue weighted by atomic mass is 32.1. The quantitative estimate of drug-likeness (QED) is 0.400. The number of esters is 1. The lowest BCUT2D eigenvalue weighted by molar-refractivity contribution is 0.0677. The van der Waals surface area contributed by atoms with Gasteiger partial charge in [-0.25, -0.2) is 14.4 Å². The average molecular weight is 437 g/mol. The van der Waals surface area contributed by atoms with Crippen molar-refractivity contribution >= 4 is 46.0 Å². The summed E-state index contributed by atoms with van der Waals surface area (Å²) < 4.78 is 15.8. The van der Waals surface area contributed by atoms with Crippen molar-refractivity contribution in [1.29, 1.82) is 0 Å². The number of hydrogen-bond acceptors (Lipinski definition) is 7. The van der Waals surface area contributed by atoms with Crippen LogP contribution in [0.2, 0.25) is 0 Å². The summed E-state index contributed by atoms with van der Waals surface area (Å²) in [4.78, 5) is 36.2. The molecule has 4 rings (SSSR count). The number of nitrogens with one attached hydrogen (secondary N) is 1.